The van der Waals surface area contributed by atoms with E-state index in [1.165, 1.54) is 12.1 Å². The molecule has 4 rings (SSSR count). The molecule has 156 valence electrons. The first kappa shape index (κ1) is 20.1. The minimum atomic E-state index is -4.34. The number of nitrogens with zero attached hydrogens (tertiary/aromatic N) is 3. The number of amides is 1. The number of rotatable bonds is 3. The van der Waals surface area contributed by atoms with Crippen LogP contribution in [0.3, 0.4) is 0 Å². The van der Waals surface area contributed by atoms with Gasteiger partial charge in [0, 0.05) is 38.1 Å². The molecular formula is C21H19F3N4O2. The van der Waals surface area contributed by atoms with Crippen LogP contribution in [0.5, 0.6) is 0 Å². The number of carbonyl (C=O) groups excluding carboxylic acids is 1. The summed E-state index contributed by atoms with van der Waals surface area (Å²) in [6, 6.07) is 12.0. The van der Waals surface area contributed by atoms with E-state index in [1.54, 1.807) is 29.2 Å². The summed E-state index contributed by atoms with van der Waals surface area (Å²) in [4.78, 5) is 28.6. The minimum Gasteiger partial charge on any atom is -0.335 e. The number of halogens is 3. The third-order valence-electron chi connectivity index (χ3n) is 5.25. The molecule has 9 heteroatoms. The Bertz CT molecular complexity index is 1120. The lowest BCUT2D eigenvalue weighted by Crippen LogP contribution is -2.48. The van der Waals surface area contributed by atoms with Crippen LogP contribution < -0.4 is 5.56 Å². The number of aromatic amines is 1. The molecule has 0 bridgehead atoms. The molecule has 30 heavy (non-hydrogen) atoms. The van der Waals surface area contributed by atoms with Gasteiger partial charge in [0.1, 0.15) is 0 Å². The van der Waals surface area contributed by atoms with Crippen molar-refractivity contribution in [2.45, 2.75) is 12.7 Å². The molecule has 2 heterocycles. The molecule has 3 aromatic rings. The van der Waals surface area contributed by atoms with Gasteiger partial charge in [-0.05, 0) is 23.8 Å². The summed E-state index contributed by atoms with van der Waals surface area (Å²) in [6.07, 6.45) is -4.34. The van der Waals surface area contributed by atoms with Crippen molar-refractivity contribution in [2.75, 3.05) is 26.2 Å². The fraction of sp³-hybridized carbons (Fsp3) is 0.286. The van der Waals surface area contributed by atoms with Gasteiger partial charge in [0.2, 0.25) is 0 Å². The van der Waals surface area contributed by atoms with E-state index in [0.717, 1.165) is 17.7 Å². The monoisotopic (exact) mass is 416 g/mol. The first-order valence-electron chi connectivity index (χ1n) is 9.48. The summed E-state index contributed by atoms with van der Waals surface area (Å²) in [6.45, 7) is 2.63. The standard InChI is InChI=1S/C21H19F3N4O2/c22-21(23,24)15-7-5-14(6-8-15)13-27-9-11-28(12-10-27)20(30)18-16-3-1-2-4-17(16)19(29)26-25-18/h1-8H,9-13H2,(H,26,29). The summed E-state index contributed by atoms with van der Waals surface area (Å²) in [5.74, 6) is -0.253. The van der Waals surface area contributed by atoms with Crippen molar-refractivity contribution in [3.05, 3.63) is 75.7 Å². The summed E-state index contributed by atoms with van der Waals surface area (Å²) in [5.41, 5.74) is -0.0109. The van der Waals surface area contributed by atoms with Gasteiger partial charge in [-0.3, -0.25) is 14.5 Å². The van der Waals surface area contributed by atoms with E-state index < -0.39 is 11.7 Å². The second kappa shape index (κ2) is 7.91. The lowest BCUT2D eigenvalue weighted by atomic mass is 10.1. The molecule has 0 saturated carbocycles. The predicted molar refractivity (Wildman–Crippen MR) is 105 cm³/mol. The van der Waals surface area contributed by atoms with Gasteiger partial charge in [-0.1, -0.05) is 30.3 Å². The van der Waals surface area contributed by atoms with Crippen LogP contribution in [0.2, 0.25) is 0 Å². The van der Waals surface area contributed by atoms with Crippen LogP contribution in [0.4, 0.5) is 13.2 Å². The topological polar surface area (TPSA) is 69.3 Å². The van der Waals surface area contributed by atoms with Gasteiger partial charge in [-0.25, -0.2) is 5.10 Å². The third kappa shape index (κ3) is 4.06. The number of piperazine rings is 1. The molecule has 2 aromatic carbocycles. The van der Waals surface area contributed by atoms with Crippen LogP contribution in [-0.2, 0) is 12.7 Å². The maximum atomic E-state index is 12.9. The Balaban J connectivity index is 1.41. The van der Waals surface area contributed by atoms with Gasteiger partial charge in [0.25, 0.3) is 11.5 Å². The summed E-state index contributed by atoms with van der Waals surface area (Å²) < 4.78 is 38.1. The Hall–Kier alpha value is -3.20. The average molecular weight is 416 g/mol. The van der Waals surface area contributed by atoms with Crippen LogP contribution in [0.1, 0.15) is 21.6 Å². The highest BCUT2D eigenvalue weighted by atomic mass is 19.4. The molecule has 1 aromatic heterocycles. The van der Waals surface area contributed by atoms with Gasteiger partial charge in [0.15, 0.2) is 5.69 Å². The van der Waals surface area contributed by atoms with E-state index in [9.17, 15) is 22.8 Å². The quantitative estimate of drug-likeness (QED) is 0.713. The van der Waals surface area contributed by atoms with Crippen LogP contribution in [0.15, 0.2) is 53.3 Å². The molecule has 6 nitrogen and oxygen atoms in total. The fourth-order valence-corrected chi connectivity index (χ4v) is 3.59. The average Bonchev–Trinajstić information content (AvgIpc) is 2.74. The number of carbonyl (C=O) groups is 1. The molecule has 1 N–H and O–H groups in total. The maximum absolute atomic E-state index is 12.9. The molecule has 1 fully saturated rings. The number of H-pyrrole nitrogens is 1. The Labute approximate surface area is 169 Å². The number of fused-ring (bicyclic) bond motifs is 1. The zero-order valence-electron chi connectivity index (χ0n) is 15.9. The maximum Gasteiger partial charge on any atom is 0.416 e. The van der Waals surface area contributed by atoms with Gasteiger partial charge < -0.3 is 4.90 Å². The Morgan fingerprint density at radius 1 is 0.967 bits per heavy atom. The van der Waals surface area contributed by atoms with Crippen LogP contribution in [0, 0.1) is 0 Å². The molecule has 1 aliphatic heterocycles. The molecule has 0 unspecified atom stereocenters. The predicted octanol–water partition coefficient (Wildman–Crippen LogP) is 2.90. The van der Waals surface area contributed by atoms with E-state index in [0.29, 0.717) is 43.5 Å². The zero-order valence-corrected chi connectivity index (χ0v) is 15.9. The first-order valence-corrected chi connectivity index (χ1v) is 9.48. The number of alkyl halides is 3. The third-order valence-corrected chi connectivity index (χ3v) is 5.25. The summed E-state index contributed by atoms with van der Waals surface area (Å²) in [5, 5.41) is 7.26. The molecular weight excluding hydrogens is 397 g/mol. The van der Waals surface area contributed by atoms with Gasteiger partial charge >= 0.3 is 6.18 Å². The van der Waals surface area contributed by atoms with Gasteiger partial charge in [-0.15, -0.1) is 0 Å². The first-order chi connectivity index (χ1) is 14.3. The fourth-order valence-electron chi connectivity index (χ4n) is 3.59. The summed E-state index contributed by atoms with van der Waals surface area (Å²) >= 11 is 0. The number of hydrogen-bond donors (Lipinski definition) is 1. The van der Waals surface area contributed by atoms with E-state index in [2.05, 4.69) is 15.1 Å². The van der Waals surface area contributed by atoms with Crippen molar-refractivity contribution in [1.82, 2.24) is 20.0 Å². The number of nitrogens with one attached hydrogen (secondary N) is 1. The Morgan fingerprint density at radius 3 is 2.23 bits per heavy atom. The van der Waals surface area contributed by atoms with E-state index in [-0.39, 0.29) is 17.2 Å². The molecule has 1 amide bonds. The van der Waals surface area contributed by atoms with Gasteiger partial charge in [-0.2, -0.15) is 18.3 Å². The van der Waals surface area contributed by atoms with Crippen molar-refractivity contribution in [2.24, 2.45) is 0 Å². The smallest absolute Gasteiger partial charge is 0.335 e. The largest absolute Gasteiger partial charge is 0.416 e. The Kier molecular flexibility index (Phi) is 5.29. The van der Waals surface area contributed by atoms with E-state index >= 15 is 0 Å². The number of hydrogen-bond acceptors (Lipinski definition) is 4. The molecule has 0 radical (unpaired) electrons. The van der Waals surface area contributed by atoms with Crippen molar-refractivity contribution < 1.29 is 18.0 Å². The SMILES string of the molecule is O=C(c1n[nH]c(=O)c2ccccc12)N1CCN(Cc2ccc(C(F)(F)F)cc2)CC1. The van der Waals surface area contributed by atoms with Crippen LogP contribution in [-0.4, -0.2) is 52.1 Å². The van der Waals surface area contributed by atoms with Crippen molar-refractivity contribution in [3.8, 4) is 0 Å². The van der Waals surface area contributed by atoms with E-state index in [4.69, 9.17) is 0 Å². The molecule has 0 spiro atoms. The highest BCUT2D eigenvalue weighted by Crippen LogP contribution is 2.29. The second-order valence-corrected chi connectivity index (χ2v) is 7.21. The molecule has 0 atom stereocenters. The van der Waals surface area contributed by atoms with Crippen LogP contribution >= 0.6 is 0 Å². The highest BCUT2D eigenvalue weighted by Gasteiger charge is 2.30. The number of aromatic nitrogens is 2. The van der Waals surface area contributed by atoms with Crippen molar-refractivity contribution in [3.63, 3.8) is 0 Å². The summed E-state index contributed by atoms with van der Waals surface area (Å²) in [7, 11) is 0. The van der Waals surface area contributed by atoms with Crippen LogP contribution in [0.25, 0.3) is 10.8 Å². The van der Waals surface area contributed by atoms with E-state index in [1.807, 2.05) is 0 Å². The van der Waals surface area contributed by atoms with Crippen molar-refractivity contribution in [1.29, 1.82) is 0 Å². The minimum absolute atomic E-state index is 0.210. The second-order valence-electron chi connectivity index (χ2n) is 7.21. The lowest BCUT2D eigenvalue weighted by molar-refractivity contribution is -0.137. The highest BCUT2D eigenvalue weighted by molar-refractivity contribution is 6.04. The van der Waals surface area contributed by atoms with Crippen molar-refractivity contribution >= 4 is 16.7 Å². The molecule has 0 aliphatic carbocycles. The van der Waals surface area contributed by atoms with Gasteiger partial charge in [0.05, 0.1) is 10.9 Å². The molecule has 1 aliphatic rings. The zero-order chi connectivity index (χ0) is 21.3. The normalized spacial score (nSPS) is 15.5. The number of benzene rings is 2. The molecule has 1 saturated heterocycles. The lowest BCUT2D eigenvalue weighted by Gasteiger charge is -2.34. The Morgan fingerprint density at radius 2 is 1.60 bits per heavy atom.